The number of nitrogens with zero attached hydrogens (tertiary/aromatic N) is 1. The van der Waals surface area contributed by atoms with Crippen molar-refractivity contribution in [3.8, 4) is 5.75 Å². The molecule has 2 aromatic carbocycles. The van der Waals surface area contributed by atoms with E-state index in [2.05, 4.69) is 5.32 Å². The summed E-state index contributed by atoms with van der Waals surface area (Å²) in [5.74, 6) is 0.715. The van der Waals surface area contributed by atoms with Crippen LogP contribution in [0.4, 0.5) is 11.4 Å². The van der Waals surface area contributed by atoms with E-state index in [1.54, 1.807) is 7.11 Å². The Hall–Kier alpha value is -3.16. The zero-order valence-electron chi connectivity index (χ0n) is 18.5. The summed E-state index contributed by atoms with van der Waals surface area (Å²) in [6.45, 7) is 1.72. The first-order valence-electron chi connectivity index (χ1n) is 11.1. The summed E-state index contributed by atoms with van der Waals surface area (Å²) >= 11 is 1.44. The van der Waals surface area contributed by atoms with Crippen LogP contribution in [0.25, 0.3) is 0 Å². The zero-order chi connectivity index (χ0) is 22.8. The highest BCUT2D eigenvalue weighted by atomic mass is 32.1. The normalized spacial score (nSPS) is 16.8. The van der Waals surface area contributed by atoms with Crippen molar-refractivity contribution in [1.29, 1.82) is 0 Å². The molecule has 0 saturated carbocycles. The Morgan fingerprint density at radius 3 is 2.58 bits per heavy atom. The van der Waals surface area contributed by atoms with Gasteiger partial charge in [-0.3, -0.25) is 9.59 Å². The van der Waals surface area contributed by atoms with E-state index in [1.807, 2.05) is 64.9 Å². The quantitative estimate of drug-likeness (QED) is 0.600. The third-order valence-corrected chi connectivity index (χ3v) is 7.50. The van der Waals surface area contributed by atoms with Crippen LogP contribution in [0.3, 0.4) is 0 Å². The van der Waals surface area contributed by atoms with Gasteiger partial charge in [0.1, 0.15) is 5.75 Å². The van der Waals surface area contributed by atoms with Gasteiger partial charge in [0, 0.05) is 31.1 Å². The van der Waals surface area contributed by atoms with E-state index in [0.29, 0.717) is 38.3 Å². The lowest BCUT2D eigenvalue weighted by Gasteiger charge is -2.36. The Morgan fingerprint density at radius 2 is 1.88 bits per heavy atom. The highest BCUT2D eigenvalue weighted by molar-refractivity contribution is 7.12. The Morgan fingerprint density at radius 1 is 1.09 bits per heavy atom. The standard InChI is InChI=1S/C26H26N2O4S/c1-31-21-8-5-19(6-9-21)26(11-14-32-15-12-26)25(30)27-20-7-4-18-10-13-28(22(18)17-20)24(29)23-3-2-16-33-23/h2-9,16-17H,10-15H2,1H3,(H,27,30). The van der Waals surface area contributed by atoms with Gasteiger partial charge in [-0.15, -0.1) is 11.3 Å². The molecule has 5 rings (SSSR count). The van der Waals surface area contributed by atoms with Crippen LogP contribution in [0, 0.1) is 0 Å². The SMILES string of the molecule is COc1ccc(C2(C(=O)Nc3ccc4c(c3)N(C(=O)c3cccs3)CC4)CCOCC2)cc1. The van der Waals surface area contributed by atoms with E-state index in [4.69, 9.17) is 9.47 Å². The Labute approximate surface area is 197 Å². The van der Waals surface area contributed by atoms with Crippen molar-refractivity contribution in [3.63, 3.8) is 0 Å². The lowest BCUT2D eigenvalue weighted by molar-refractivity contribution is -0.125. The molecule has 0 aliphatic carbocycles. The Bertz CT molecular complexity index is 1150. The van der Waals surface area contributed by atoms with E-state index >= 15 is 0 Å². The Kier molecular flexibility index (Phi) is 5.91. The maximum absolute atomic E-state index is 13.7. The largest absolute Gasteiger partial charge is 0.497 e. The average Bonchev–Trinajstić information content (AvgIpc) is 3.54. The van der Waals surface area contributed by atoms with Crippen LogP contribution in [0.2, 0.25) is 0 Å². The molecule has 33 heavy (non-hydrogen) atoms. The number of methoxy groups -OCH3 is 1. The molecule has 3 aromatic rings. The van der Waals surface area contributed by atoms with E-state index in [-0.39, 0.29) is 11.8 Å². The number of carbonyl (C=O) groups excluding carboxylic acids is 2. The monoisotopic (exact) mass is 462 g/mol. The number of anilines is 2. The molecule has 2 amide bonds. The summed E-state index contributed by atoms with van der Waals surface area (Å²) in [5, 5.41) is 5.05. The number of benzene rings is 2. The second-order valence-electron chi connectivity index (χ2n) is 8.40. The van der Waals surface area contributed by atoms with Gasteiger partial charge in [-0.2, -0.15) is 0 Å². The van der Waals surface area contributed by atoms with Crippen LogP contribution in [0.15, 0.2) is 60.0 Å². The number of hydrogen-bond acceptors (Lipinski definition) is 5. The maximum Gasteiger partial charge on any atom is 0.268 e. The Balaban J connectivity index is 1.41. The maximum atomic E-state index is 13.7. The lowest BCUT2D eigenvalue weighted by Crippen LogP contribution is -2.44. The fourth-order valence-corrected chi connectivity index (χ4v) is 5.40. The van der Waals surface area contributed by atoms with Gasteiger partial charge in [0.15, 0.2) is 0 Å². The molecule has 1 aromatic heterocycles. The molecule has 2 aliphatic heterocycles. The van der Waals surface area contributed by atoms with Crippen LogP contribution in [0.5, 0.6) is 5.75 Å². The molecule has 0 spiro atoms. The van der Waals surface area contributed by atoms with Crippen molar-refractivity contribution < 1.29 is 19.1 Å². The fraction of sp³-hybridized carbons (Fsp3) is 0.308. The van der Waals surface area contributed by atoms with Gasteiger partial charge in [0.2, 0.25) is 5.91 Å². The third kappa shape index (κ3) is 4.03. The third-order valence-electron chi connectivity index (χ3n) is 6.64. The topological polar surface area (TPSA) is 67.9 Å². The first-order chi connectivity index (χ1) is 16.1. The van der Waals surface area contributed by atoms with Gasteiger partial charge in [0.25, 0.3) is 5.91 Å². The molecule has 1 N–H and O–H groups in total. The van der Waals surface area contributed by atoms with Crippen LogP contribution in [0.1, 0.15) is 33.6 Å². The van der Waals surface area contributed by atoms with Gasteiger partial charge in [-0.05, 0) is 66.1 Å². The summed E-state index contributed by atoms with van der Waals surface area (Å²) in [4.78, 5) is 29.2. The zero-order valence-corrected chi connectivity index (χ0v) is 19.3. The fourth-order valence-electron chi connectivity index (χ4n) is 4.73. The number of ether oxygens (including phenoxy) is 2. The van der Waals surface area contributed by atoms with E-state index in [9.17, 15) is 9.59 Å². The number of hydrogen-bond donors (Lipinski definition) is 1. The van der Waals surface area contributed by atoms with Crippen molar-refractivity contribution in [1.82, 2.24) is 0 Å². The van der Waals surface area contributed by atoms with Gasteiger partial charge < -0.3 is 19.7 Å². The molecular weight excluding hydrogens is 436 g/mol. The smallest absolute Gasteiger partial charge is 0.268 e. The van der Waals surface area contributed by atoms with Crippen molar-refractivity contribution in [2.24, 2.45) is 0 Å². The molecule has 3 heterocycles. The molecule has 1 saturated heterocycles. The van der Waals surface area contributed by atoms with Gasteiger partial charge >= 0.3 is 0 Å². The highest BCUT2D eigenvalue weighted by Crippen LogP contribution is 2.38. The first kappa shape index (κ1) is 21.7. The van der Waals surface area contributed by atoms with Crippen molar-refractivity contribution in [3.05, 3.63) is 76.0 Å². The van der Waals surface area contributed by atoms with E-state index in [0.717, 1.165) is 33.9 Å². The number of carbonyl (C=O) groups is 2. The molecule has 1 fully saturated rings. The second-order valence-corrected chi connectivity index (χ2v) is 9.35. The second kappa shape index (κ2) is 9.00. The van der Waals surface area contributed by atoms with Gasteiger partial charge in [0.05, 0.1) is 17.4 Å². The molecule has 0 bridgehead atoms. The molecule has 7 heteroatoms. The van der Waals surface area contributed by atoms with Crippen LogP contribution >= 0.6 is 11.3 Å². The average molecular weight is 463 g/mol. The molecule has 0 unspecified atom stereocenters. The number of fused-ring (bicyclic) bond motifs is 1. The molecular formula is C26H26N2O4S. The first-order valence-corrected chi connectivity index (χ1v) is 12.0. The minimum absolute atomic E-state index is 0.00589. The van der Waals surface area contributed by atoms with Crippen LogP contribution in [-0.4, -0.2) is 38.7 Å². The van der Waals surface area contributed by atoms with E-state index < -0.39 is 5.41 Å². The van der Waals surface area contributed by atoms with Crippen molar-refractivity contribution in [2.75, 3.05) is 37.1 Å². The van der Waals surface area contributed by atoms with Crippen molar-refractivity contribution in [2.45, 2.75) is 24.7 Å². The summed E-state index contributed by atoms with van der Waals surface area (Å²) in [6.07, 6.45) is 2.03. The highest BCUT2D eigenvalue weighted by Gasteiger charge is 2.42. The minimum atomic E-state index is -0.671. The van der Waals surface area contributed by atoms with Crippen molar-refractivity contribution >= 4 is 34.5 Å². The molecule has 0 atom stereocenters. The van der Waals surface area contributed by atoms with Crippen LogP contribution in [-0.2, 0) is 21.4 Å². The molecule has 6 nitrogen and oxygen atoms in total. The summed E-state index contributed by atoms with van der Waals surface area (Å²) < 4.78 is 10.9. The van der Waals surface area contributed by atoms with Crippen LogP contribution < -0.4 is 15.0 Å². The summed E-state index contributed by atoms with van der Waals surface area (Å²) in [6, 6.07) is 17.3. The minimum Gasteiger partial charge on any atom is -0.497 e. The number of nitrogens with one attached hydrogen (secondary N) is 1. The predicted molar refractivity (Wildman–Crippen MR) is 129 cm³/mol. The van der Waals surface area contributed by atoms with Gasteiger partial charge in [-0.25, -0.2) is 0 Å². The van der Waals surface area contributed by atoms with Gasteiger partial charge in [-0.1, -0.05) is 24.3 Å². The molecule has 2 aliphatic rings. The number of rotatable bonds is 5. The van der Waals surface area contributed by atoms with E-state index in [1.165, 1.54) is 11.3 Å². The lowest BCUT2D eigenvalue weighted by atomic mass is 9.73. The molecule has 0 radical (unpaired) electrons. The molecule has 170 valence electrons. The number of thiophene rings is 1. The summed E-state index contributed by atoms with van der Waals surface area (Å²) in [7, 11) is 1.63. The summed E-state index contributed by atoms with van der Waals surface area (Å²) in [5.41, 5.74) is 2.98. The number of amides is 2. The predicted octanol–water partition coefficient (Wildman–Crippen LogP) is 4.65.